The van der Waals surface area contributed by atoms with Gasteiger partial charge in [0, 0.05) is 32.2 Å². The first kappa shape index (κ1) is 18.9. The Balaban J connectivity index is 1.76. The lowest BCUT2D eigenvalue weighted by molar-refractivity contribution is 0.0706. The van der Waals surface area contributed by atoms with E-state index in [-0.39, 0.29) is 17.8 Å². The van der Waals surface area contributed by atoms with Gasteiger partial charge < -0.3 is 4.90 Å². The highest BCUT2D eigenvalue weighted by Crippen LogP contribution is 2.22. The second-order valence-electron chi connectivity index (χ2n) is 7.20. The Morgan fingerprint density at radius 2 is 2.04 bits per heavy atom. The SMILES string of the molecule is Cc1nnsc1C(=O)N1CCCN(Cc2ccc(F)cc2)[C@H](C(C)C)C1. The molecule has 7 heteroatoms. The van der Waals surface area contributed by atoms with Crippen LogP contribution in [0.3, 0.4) is 0 Å². The number of carbonyl (C=O) groups excluding carboxylic acids is 1. The van der Waals surface area contributed by atoms with Crippen molar-refractivity contribution >= 4 is 17.4 Å². The van der Waals surface area contributed by atoms with Crippen LogP contribution in [0.2, 0.25) is 0 Å². The minimum absolute atomic E-state index is 0.0341. The lowest BCUT2D eigenvalue weighted by Crippen LogP contribution is -2.45. The average Bonchev–Trinajstić information content (AvgIpc) is 2.92. The van der Waals surface area contributed by atoms with Gasteiger partial charge in [0.2, 0.25) is 0 Å². The second kappa shape index (κ2) is 8.22. The predicted molar refractivity (Wildman–Crippen MR) is 101 cm³/mol. The van der Waals surface area contributed by atoms with Crippen LogP contribution in [0.15, 0.2) is 24.3 Å². The van der Waals surface area contributed by atoms with E-state index in [9.17, 15) is 9.18 Å². The van der Waals surface area contributed by atoms with Crippen LogP contribution in [0, 0.1) is 18.7 Å². The van der Waals surface area contributed by atoms with Gasteiger partial charge in [0.05, 0.1) is 5.69 Å². The lowest BCUT2D eigenvalue weighted by Gasteiger charge is -2.34. The number of benzene rings is 1. The predicted octanol–water partition coefficient (Wildman–Crippen LogP) is 3.36. The van der Waals surface area contributed by atoms with Gasteiger partial charge in [-0.25, -0.2) is 4.39 Å². The highest BCUT2D eigenvalue weighted by Gasteiger charge is 2.31. The molecule has 1 aliphatic rings. The highest BCUT2D eigenvalue weighted by molar-refractivity contribution is 7.07. The molecule has 3 rings (SSSR count). The number of carbonyl (C=O) groups is 1. The van der Waals surface area contributed by atoms with E-state index in [4.69, 9.17) is 0 Å². The quantitative estimate of drug-likeness (QED) is 0.821. The molecule has 5 nitrogen and oxygen atoms in total. The third-order valence-electron chi connectivity index (χ3n) is 4.95. The molecule has 1 saturated heterocycles. The molecule has 0 aliphatic carbocycles. The molecule has 0 N–H and O–H groups in total. The van der Waals surface area contributed by atoms with Crippen molar-refractivity contribution in [2.75, 3.05) is 19.6 Å². The maximum absolute atomic E-state index is 13.2. The number of halogens is 1. The maximum atomic E-state index is 13.2. The van der Waals surface area contributed by atoms with Crippen LogP contribution in [0.4, 0.5) is 4.39 Å². The Morgan fingerprint density at radius 1 is 1.31 bits per heavy atom. The molecule has 0 unspecified atom stereocenters. The zero-order valence-electron chi connectivity index (χ0n) is 15.5. The van der Waals surface area contributed by atoms with Gasteiger partial charge in [0.15, 0.2) is 0 Å². The average molecular weight is 377 g/mol. The van der Waals surface area contributed by atoms with Gasteiger partial charge in [-0.2, -0.15) is 0 Å². The van der Waals surface area contributed by atoms with Gasteiger partial charge in [-0.05, 0) is 48.5 Å². The molecule has 2 heterocycles. The number of nitrogens with zero attached hydrogens (tertiary/aromatic N) is 4. The van der Waals surface area contributed by atoms with Gasteiger partial charge in [0.1, 0.15) is 10.7 Å². The summed E-state index contributed by atoms with van der Waals surface area (Å²) in [6.07, 6.45) is 0.918. The van der Waals surface area contributed by atoms with E-state index in [1.807, 2.05) is 24.0 Å². The fourth-order valence-electron chi connectivity index (χ4n) is 3.47. The van der Waals surface area contributed by atoms with Crippen LogP contribution < -0.4 is 0 Å². The van der Waals surface area contributed by atoms with E-state index in [1.165, 1.54) is 23.7 Å². The van der Waals surface area contributed by atoms with Gasteiger partial charge in [-0.3, -0.25) is 9.69 Å². The maximum Gasteiger partial charge on any atom is 0.267 e. The van der Waals surface area contributed by atoms with Crippen molar-refractivity contribution in [2.45, 2.75) is 39.8 Å². The van der Waals surface area contributed by atoms with Crippen LogP contribution in [0.5, 0.6) is 0 Å². The lowest BCUT2D eigenvalue weighted by atomic mass is 10.0. The van der Waals surface area contributed by atoms with Gasteiger partial charge >= 0.3 is 0 Å². The van der Waals surface area contributed by atoms with Crippen molar-refractivity contribution in [3.63, 3.8) is 0 Å². The summed E-state index contributed by atoms with van der Waals surface area (Å²) in [5.41, 5.74) is 1.80. The van der Waals surface area contributed by atoms with Crippen molar-refractivity contribution in [1.82, 2.24) is 19.4 Å². The molecule has 2 aromatic rings. The molecule has 0 bridgehead atoms. The number of hydrogen-bond donors (Lipinski definition) is 0. The topological polar surface area (TPSA) is 49.3 Å². The minimum Gasteiger partial charge on any atom is -0.336 e. The monoisotopic (exact) mass is 376 g/mol. The number of amides is 1. The first-order chi connectivity index (χ1) is 12.5. The van der Waals surface area contributed by atoms with Crippen molar-refractivity contribution in [3.8, 4) is 0 Å². The molecule has 1 aromatic carbocycles. The molecule has 26 heavy (non-hydrogen) atoms. The van der Waals surface area contributed by atoms with E-state index in [0.29, 0.717) is 23.0 Å². The fraction of sp³-hybridized carbons (Fsp3) is 0.526. The number of aromatic nitrogens is 2. The molecule has 1 fully saturated rings. The molecule has 1 aromatic heterocycles. The number of hydrogen-bond acceptors (Lipinski definition) is 5. The molecule has 1 aliphatic heterocycles. The van der Waals surface area contributed by atoms with E-state index in [1.54, 1.807) is 0 Å². The van der Waals surface area contributed by atoms with Crippen LogP contribution in [-0.2, 0) is 6.54 Å². The third kappa shape index (κ3) is 4.27. The number of rotatable bonds is 4. The Kier molecular flexibility index (Phi) is 5.98. The summed E-state index contributed by atoms with van der Waals surface area (Å²) in [5.74, 6) is 0.228. The molecular formula is C19H25FN4OS. The summed E-state index contributed by atoms with van der Waals surface area (Å²) in [6, 6.07) is 6.95. The van der Waals surface area contributed by atoms with E-state index < -0.39 is 0 Å². The van der Waals surface area contributed by atoms with Crippen LogP contribution in [0.1, 0.15) is 41.2 Å². The second-order valence-corrected chi connectivity index (χ2v) is 7.95. The largest absolute Gasteiger partial charge is 0.336 e. The number of aryl methyl sites for hydroxylation is 1. The summed E-state index contributed by atoms with van der Waals surface area (Å²) in [6.45, 7) is 9.32. The normalized spacial score (nSPS) is 19.0. The zero-order chi connectivity index (χ0) is 18.7. The standard InChI is InChI=1S/C19H25FN4OS/c1-13(2)17-12-24(19(25)18-14(3)21-22-26-18)10-4-9-23(17)11-15-5-7-16(20)8-6-15/h5-8,13,17H,4,9-12H2,1-3H3/t17-/m0/s1. The Labute approximate surface area is 158 Å². The van der Waals surface area contributed by atoms with Crippen molar-refractivity contribution in [1.29, 1.82) is 0 Å². The Hall–Kier alpha value is -1.86. The molecule has 1 atom stereocenters. The van der Waals surface area contributed by atoms with E-state index in [0.717, 1.165) is 31.6 Å². The molecule has 0 saturated carbocycles. The summed E-state index contributed by atoms with van der Waals surface area (Å²) in [5, 5.41) is 3.97. The molecule has 140 valence electrons. The van der Waals surface area contributed by atoms with Crippen LogP contribution in [0.25, 0.3) is 0 Å². The van der Waals surface area contributed by atoms with Crippen molar-refractivity contribution < 1.29 is 9.18 Å². The third-order valence-corrected chi connectivity index (χ3v) is 5.77. The van der Waals surface area contributed by atoms with Crippen molar-refractivity contribution in [3.05, 3.63) is 46.2 Å². The smallest absolute Gasteiger partial charge is 0.267 e. The van der Waals surface area contributed by atoms with Crippen molar-refractivity contribution in [2.24, 2.45) is 5.92 Å². The summed E-state index contributed by atoms with van der Waals surface area (Å²) in [7, 11) is 0. The van der Waals surface area contributed by atoms with Crippen LogP contribution in [-0.4, -0.2) is 51.0 Å². The van der Waals surface area contributed by atoms with Gasteiger partial charge in [-0.15, -0.1) is 5.10 Å². The molecule has 0 radical (unpaired) electrons. The summed E-state index contributed by atoms with van der Waals surface area (Å²) < 4.78 is 17.1. The zero-order valence-corrected chi connectivity index (χ0v) is 16.3. The first-order valence-electron chi connectivity index (χ1n) is 9.02. The minimum atomic E-state index is -0.213. The summed E-state index contributed by atoms with van der Waals surface area (Å²) in [4.78, 5) is 17.9. The van der Waals surface area contributed by atoms with Gasteiger partial charge in [-0.1, -0.05) is 30.5 Å². The highest BCUT2D eigenvalue weighted by atomic mass is 32.1. The van der Waals surface area contributed by atoms with E-state index in [2.05, 4.69) is 28.3 Å². The van der Waals surface area contributed by atoms with Gasteiger partial charge in [0.25, 0.3) is 5.91 Å². The van der Waals surface area contributed by atoms with E-state index >= 15 is 0 Å². The molecule has 1 amide bonds. The molecule has 0 spiro atoms. The fourth-order valence-corrected chi connectivity index (χ4v) is 4.10. The Bertz CT molecular complexity index is 746. The summed E-state index contributed by atoms with van der Waals surface area (Å²) >= 11 is 1.17. The first-order valence-corrected chi connectivity index (χ1v) is 9.79. The molecular weight excluding hydrogens is 351 g/mol. The Morgan fingerprint density at radius 3 is 2.65 bits per heavy atom. The van der Waals surface area contributed by atoms with Crippen LogP contribution >= 0.6 is 11.5 Å².